The molecule has 1 rings (SSSR count). The second kappa shape index (κ2) is 10.7. The van der Waals surface area contributed by atoms with Crippen LogP contribution in [0.15, 0.2) is 10.4 Å². The molecule has 0 atom stereocenters. The fourth-order valence-electron chi connectivity index (χ4n) is 1.45. The van der Waals surface area contributed by atoms with Crippen LogP contribution in [-0.4, -0.2) is 35.0 Å². The third-order valence-electron chi connectivity index (χ3n) is 2.88. The van der Waals surface area contributed by atoms with Gasteiger partial charge in [-0.15, -0.1) is 35.3 Å². The minimum atomic E-state index is 0. The van der Waals surface area contributed by atoms with Crippen LogP contribution in [0.2, 0.25) is 0 Å². The molecule has 7 heteroatoms. The van der Waals surface area contributed by atoms with Crippen LogP contribution >= 0.6 is 47.1 Å². The van der Waals surface area contributed by atoms with Crippen LogP contribution in [0, 0.1) is 0 Å². The molecule has 2 N–H and O–H groups in total. The van der Waals surface area contributed by atoms with E-state index in [9.17, 15) is 0 Å². The van der Waals surface area contributed by atoms with E-state index >= 15 is 0 Å². The number of halogens is 1. The summed E-state index contributed by atoms with van der Waals surface area (Å²) in [6, 6.07) is 0. The number of hydrogen-bond acceptors (Lipinski definition) is 4. The van der Waals surface area contributed by atoms with Gasteiger partial charge in [-0.05, 0) is 33.4 Å². The molecule has 0 aromatic carbocycles. The van der Waals surface area contributed by atoms with Gasteiger partial charge in [0.1, 0.15) is 0 Å². The van der Waals surface area contributed by atoms with Gasteiger partial charge in [-0.2, -0.15) is 11.8 Å². The molecule has 122 valence electrons. The summed E-state index contributed by atoms with van der Waals surface area (Å²) in [5.74, 6) is 0.862. The van der Waals surface area contributed by atoms with Crippen LogP contribution in [0.5, 0.6) is 0 Å². The molecule has 0 fully saturated rings. The van der Waals surface area contributed by atoms with Crippen molar-refractivity contribution in [2.24, 2.45) is 4.99 Å². The standard InChI is InChI=1S/C14H26N4S2.HI/c1-6-12-18-11(9-20-12)8-16-13(15-7-2)17-10-14(3,4)19-5;/h9H,6-8,10H2,1-5H3,(H2,15,16,17);1H. The van der Waals surface area contributed by atoms with Crippen molar-refractivity contribution >= 4 is 53.0 Å². The topological polar surface area (TPSA) is 49.3 Å². The van der Waals surface area contributed by atoms with Gasteiger partial charge in [-0.1, -0.05) is 6.92 Å². The maximum Gasteiger partial charge on any atom is 0.191 e. The number of thioether (sulfide) groups is 1. The van der Waals surface area contributed by atoms with Crippen LogP contribution in [0.25, 0.3) is 0 Å². The van der Waals surface area contributed by atoms with E-state index in [0.717, 1.165) is 31.2 Å². The number of nitrogens with one attached hydrogen (secondary N) is 2. The molecule has 1 heterocycles. The fraction of sp³-hybridized carbons (Fsp3) is 0.714. The Morgan fingerprint density at radius 3 is 2.62 bits per heavy atom. The van der Waals surface area contributed by atoms with Crippen molar-refractivity contribution < 1.29 is 0 Å². The predicted octanol–water partition coefficient (Wildman–Crippen LogP) is 3.52. The van der Waals surface area contributed by atoms with E-state index < -0.39 is 0 Å². The Morgan fingerprint density at radius 2 is 2.10 bits per heavy atom. The fourth-order valence-corrected chi connectivity index (χ4v) is 2.41. The lowest BCUT2D eigenvalue weighted by Crippen LogP contribution is -2.43. The van der Waals surface area contributed by atoms with Crippen molar-refractivity contribution in [3.63, 3.8) is 0 Å². The Morgan fingerprint density at radius 1 is 1.38 bits per heavy atom. The molecular formula is C14H27IN4S2. The van der Waals surface area contributed by atoms with Crippen molar-refractivity contribution in [1.29, 1.82) is 0 Å². The lowest BCUT2D eigenvalue weighted by molar-refractivity contribution is 0.664. The summed E-state index contributed by atoms with van der Waals surface area (Å²) in [5.41, 5.74) is 1.05. The van der Waals surface area contributed by atoms with Gasteiger partial charge in [0.25, 0.3) is 0 Å². The second-order valence-electron chi connectivity index (χ2n) is 5.10. The number of aliphatic imine (C=N–C) groups is 1. The normalized spacial score (nSPS) is 12.0. The molecule has 1 aromatic rings. The summed E-state index contributed by atoms with van der Waals surface area (Å²) >= 11 is 3.56. The zero-order valence-corrected chi connectivity index (χ0v) is 17.5. The number of aryl methyl sites for hydroxylation is 1. The molecule has 0 aliphatic carbocycles. The summed E-state index contributed by atoms with van der Waals surface area (Å²) in [5, 5.41) is 9.94. The Kier molecular flexibility index (Phi) is 10.7. The van der Waals surface area contributed by atoms with Gasteiger partial charge in [0.15, 0.2) is 5.96 Å². The van der Waals surface area contributed by atoms with E-state index in [1.54, 1.807) is 11.3 Å². The Balaban J connectivity index is 0.00000400. The van der Waals surface area contributed by atoms with Gasteiger partial charge in [-0.3, -0.25) is 0 Å². The van der Waals surface area contributed by atoms with Gasteiger partial charge < -0.3 is 10.6 Å². The third kappa shape index (κ3) is 8.25. The van der Waals surface area contributed by atoms with Crippen LogP contribution in [0.4, 0.5) is 0 Å². The number of nitrogens with zero attached hydrogens (tertiary/aromatic N) is 2. The molecule has 0 spiro atoms. The summed E-state index contributed by atoms with van der Waals surface area (Å²) < 4.78 is 0.201. The van der Waals surface area contributed by atoms with E-state index in [2.05, 4.69) is 59.9 Å². The first kappa shape index (κ1) is 21.0. The Labute approximate surface area is 154 Å². The third-order valence-corrected chi connectivity index (χ3v) is 5.17. The number of aromatic nitrogens is 1. The maximum absolute atomic E-state index is 4.60. The van der Waals surface area contributed by atoms with Crippen molar-refractivity contribution in [2.45, 2.75) is 45.4 Å². The average Bonchev–Trinajstić information content (AvgIpc) is 2.90. The van der Waals surface area contributed by atoms with Crippen molar-refractivity contribution in [3.05, 3.63) is 16.1 Å². The van der Waals surface area contributed by atoms with Gasteiger partial charge in [-0.25, -0.2) is 9.98 Å². The SMILES string of the molecule is CCNC(=NCc1csc(CC)n1)NCC(C)(C)SC.I. The maximum atomic E-state index is 4.60. The highest BCUT2D eigenvalue weighted by atomic mass is 127. The summed E-state index contributed by atoms with van der Waals surface area (Å²) in [7, 11) is 0. The molecular weight excluding hydrogens is 415 g/mol. The predicted molar refractivity (Wildman–Crippen MR) is 107 cm³/mol. The van der Waals surface area contributed by atoms with E-state index in [0.29, 0.717) is 6.54 Å². The molecule has 0 bridgehead atoms. The molecule has 0 aliphatic rings. The van der Waals surface area contributed by atoms with Crippen LogP contribution in [0.1, 0.15) is 38.4 Å². The first-order valence-electron chi connectivity index (χ1n) is 7.01. The highest BCUT2D eigenvalue weighted by Crippen LogP contribution is 2.19. The number of hydrogen-bond donors (Lipinski definition) is 2. The van der Waals surface area contributed by atoms with E-state index in [-0.39, 0.29) is 28.7 Å². The Bertz CT molecular complexity index is 432. The molecule has 1 aromatic heterocycles. The molecule has 0 saturated heterocycles. The highest BCUT2D eigenvalue weighted by molar-refractivity contribution is 14.0. The lowest BCUT2D eigenvalue weighted by atomic mass is 10.2. The van der Waals surface area contributed by atoms with Crippen molar-refractivity contribution in [3.8, 4) is 0 Å². The number of guanidine groups is 1. The van der Waals surface area contributed by atoms with Crippen LogP contribution < -0.4 is 10.6 Å². The minimum absolute atomic E-state index is 0. The van der Waals surface area contributed by atoms with Crippen LogP contribution in [0.3, 0.4) is 0 Å². The Hall–Kier alpha value is -0.0200. The van der Waals surface area contributed by atoms with Crippen molar-refractivity contribution in [1.82, 2.24) is 15.6 Å². The molecule has 0 unspecified atom stereocenters. The van der Waals surface area contributed by atoms with E-state index in [4.69, 9.17) is 0 Å². The van der Waals surface area contributed by atoms with Gasteiger partial charge in [0.05, 0.1) is 17.2 Å². The van der Waals surface area contributed by atoms with Gasteiger partial charge in [0.2, 0.25) is 0 Å². The number of thiazole rings is 1. The quantitative estimate of drug-likeness (QED) is 0.386. The van der Waals surface area contributed by atoms with Crippen molar-refractivity contribution in [2.75, 3.05) is 19.3 Å². The molecule has 0 saturated carbocycles. The lowest BCUT2D eigenvalue weighted by Gasteiger charge is -2.23. The minimum Gasteiger partial charge on any atom is -0.357 e. The van der Waals surface area contributed by atoms with Gasteiger partial charge in [0, 0.05) is 23.2 Å². The molecule has 0 aliphatic heterocycles. The molecule has 21 heavy (non-hydrogen) atoms. The first-order chi connectivity index (χ1) is 9.50. The first-order valence-corrected chi connectivity index (χ1v) is 9.11. The summed E-state index contributed by atoms with van der Waals surface area (Å²) in [6.07, 6.45) is 3.13. The van der Waals surface area contributed by atoms with Gasteiger partial charge >= 0.3 is 0 Å². The molecule has 4 nitrogen and oxygen atoms in total. The zero-order chi connectivity index (χ0) is 15.0. The summed E-state index contributed by atoms with van der Waals surface area (Å²) in [6.45, 7) is 11.0. The smallest absolute Gasteiger partial charge is 0.191 e. The second-order valence-corrected chi connectivity index (χ2v) is 7.55. The monoisotopic (exact) mass is 442 g/mol. The van der Waals surface area contributed by atoms with E-state index in [1.807, 2.05) is 11.8 Å². The number of rotatable bonds is 7. The van der Waals surface area contributed by atoms with Crippen LogP contribution in [-0.2, 0) is 13.0 Å². The molecule has 0 amide bonds. The molecule has 0 radical (unpaired) electrons. The zero-order valence-electron chi connectivity index (χ0n) is 13.5. The highest BCUT2D eigenvalue weighted by Gasteiger charge is 2.16. The summed E-state index contributed by atoms with van der Waals surface area (Å²) in [4.78, 5) is 9.14. The van der Waals surface area contributed by atoms with E-state index in [1.165, 1.54) is 5.01 Å². The average molecular weight is 442 g/mol. The largest absolute Gasteiger partial charge is 0.357 e.